The van der Waals surface area contributed by atoms with Crippen LogP contribution in [0.5, 0.6) is 5.75 Å². The van der Waals surface area contributed by atoms with Gasteiger partial charge >= 0.3 is 0 Å². The molecule has 0 spiro atoms. The Morgan fingerprint density at radius 2 is 2.10 bits per heavy atom. The van der Waals surface area contributed by atoms with Crippen LogP contribution in [0.4, 0.5) is 0 Å². The summed E-state index contributed by atoms with van der Waals surface area (Å²) in [6.07, 6.45) is 5.01. The number of rotatable bonds is 4. The number of hydrogen-bond acceptors (Lipinski definition) is 2. The van der Waals surface area contributed by atoms with E-state index < -0.39 is 0 Å². The summed E-state index contributed by atoms with van der Waals surface area (Å²) in [6.45, 7) is 2.16. The lowest BCUT2D eigenvalue weighted by atomic mass is 9.99. The van der Waals surface area contributed by atoms with E-state index >= 15 is 0 Å². The second-order valence-electron chi connectivity index (χ2n) is 4.94. The Morgan fingerprint density at radius 1 is 1.24 bits per heavy atom. The third-order valence-electron chi connectivity index (χ3n) is 3.64. The lowest BCUT2D eigenvalue weighted by molar-refractivity contribution is 0.413. The standard InChI is InChI=1S/C18H18N2O/c1-3-14(16-6-4-5-7-18(16)21-2)10-13-8-9-17-15(11-13)12-19-20-17/h4-12H,3H2,1-2H3,(H,19,20)/b14-10+. The van der Waals surface area contributed by atoms with Gasteiger partial charge in [-0.15, -0.1) is 0 Å². The van der Waals surface area contributed by atoms with Crippen molar-refractivity contribution in [1.82, 2.24) is 10.2 Å². The first-order chi connectivity index (χ1) is 10.3. The summed E-state index contributed by atoms with van der Waals surface area (Å²) in [5.41, 5.74) is 4.64. The van der Waals surface area contributed by atoms with Crippen LogP contribution in [-0.4, -0.2) is 17.3 Å². The molecule has 21 heavy (non-hydrogen) atoms. The predicted molar refractivity (Wildman–Crippen MR) is 87.2 cm³/mol. The van der Waals surface area contributed by atoms with Crippen LogP contribution in [0.3, 0.4) is 0 Å². The maximum Gasteiger partial charge on any atom is 0.126 e. The third kappa shape index (κ3) is 2.68. The van der Waals surface area contributed by atoms with Crippen molar-refractivity contribution in [2.24, 2.45) is 0 Å². The van der Waals surface area contributed by atoms with Crippen LogP contribution in [0.15, 0.2) is 48.7 Å². The van der Waals surface area contributed by atoms with Crippen LogP contribution in [0.25, 0.3) is 22.6 Å². The zero-order chi connectivity index (χ0) is 14.7. The summed E-state index contributed by atoms with van der Waals surface area (Å²) in [6, 6.07) is 14.4. The SMILES string of the molecule is CC/C(=C\c1ccc2[nH]ncc2c1)c1ccccc1OC. The summed E-state index contributed by atoms with van der Waals surface area (Å²) >= 11 is 0. The number of H-pyrrole nitrogens is 1. The summed E-state index contributed by atoms with van der Waals surface area (Å²) in [7, 11) is 1.71. The number of aromatic amines is 1. The van der Waals surface area contributed by atoms with Crippen LogP contribution >= 0.6 is 0 Å². The fraction of sp³-hybridized carbons (Fsp3) is 0.167. The fourth-order valence-electron chi connectivity index (χ4n) is 2.53. The van der Waals surface area contributed by atoms with E-state index in [0.717, 1.165) is 28.6 Å². The van der Waals surface area contributed by atoms with Gasteiger partial charge in [-0.25, -0.2) is 0 Å². The molecular weight excluding hydrogens is 260 g/mol. The Morgan fingerprint density at radius 3 is 2.90 bits per heavy atom. The minimum Gasteiger partial charge on any atom is -0.496 e. The van der Waals surface area contributed by atoms with E-state index in [4.69, 9.17) is 4.74 Å². The Labute approximate surface area is 124 Å². The van der Waals surface area contributed by atoms with Crippen molar-refractivity contribution >= 4 is 22.6 Å². The van der Waals surface area contributed by atoms with E-state index in [1.54, 1.807) is 7.11 Å². The molecule has 106 valence electrons. The van der Waals surface area contributed by atoms with E-state index in [1.165, 1.54) is 11.1 Å². The summed E-state index contributed by atoms with van der Waals surface area (Å²) in [5, 5.41) is 8.16. The Hall–Kier alpha value is -2.55. The van der Waals surface area contributed by atoms with E-state index in [-0.39, 0.29) is 0 Å². The highest BCUT2D eigenvalue weighted by Gasteiger charge is 2.06. The van der Waals surface area contributed by atoms with Gasteiger partial charge in [0.15, 0.2) is 0 Å². The molecule has 3 heteroatoms. The van der Waals surface area contributed by atoms with Gasteiger partial charge in [0.2, 0.25) is 0 Å². The highest BCUT2D eigenvalue weighted by molar-refractivity contribution is 5.87. The van der Waals surface area contributed by atoms with Crippen molar-refractivity contribution in [2.45, 2.75) is 13.3 Å². The van der Waals surface area contributed by atoms with Crippen molar-refractivity contribution in [3.05, 3.63) is 59.8 Å². The molecule has 1 aromatic heterocycles. The Balaban J connectivity index is 2.05. The average Bonchev–Trinajstić information content (AvgIpc) is 3.00. The minimum atomic E-state index is 0.912. The molecule has 2 aromatic carbocycles. The molecule has 0 aliphatic carbocycles. The smallest absolute Gasteiger partial charge is 0.126 e. The second kappa shape index (κ2) is 5.83. The van der Waals surface area contributed by atoms with Gasteiger partial charge in [0, 0.05) is 10.9 Å². The molecule has 0 aliphatic heterocycles. The molecular formula is C18H18N2O. The number of aromatic nitrogens is 2. The number of nitrogens with zero attached hydrogens (tertiary/aromatic N) is 1. The van der Waals surface area contributed by atoms with Gasteiger partial charge in [0.25, 0.3) is 0 Å². The van der Waals surface area contributed by atoms with Crippen molar-refractivity contribution < 1.29 is 4.74 Å². The maximum absolute atomic E-state index is 5.47. The van der Waals surface area contributed by atoms with Crippen LogP contribution in [-0.2, 0) is 0 Å². The van der Waals surface area contributed by atoms with E-state index in [2.05, 4.69) is 47.5 Å². The molecule has 0 amide bonds. The molecule has 0 radical (unpaired) electrons. The van der Waals surface area contributed by atoms with Gasteiger partial charge in [0.05, 0.1) is 18.8 Å². The number of ether oxygens (including phenoxy) is 1. The first-order valence-electron chi connectivity index (χ1n) is 7.09. The van der Waals surface area contributed by atoms with E-state index in [1.807, 2.05) is 24.4 Å². The molecule has 0 saturated carbocycles. The first kappa shape index (κ1) is 13.4. The summed E-state index contributed by atoms with van der Waals surface area (Å²) < 4.78 is 5.47. The van der Waals surface area contributed by atoms with Gasteiger partial charge in [-0.1, -0.05) is 37.3 Å². The third-order valence-corrected chi connectivity index (χ3v) is 3.64. The van der Waals surface area contributed by atoms with Crippen molar-refractivity contribution in [3.63, 3.8) is 0 Å². The van der Waals surface area contributed by atoms with Crippen LogP contribution in [0.2, 0.25) is 0 Å². The normalized spacial score (nSPS) is 11.8. The molecule has 3 rings (SSSR count). The van der Waals surface area contributed by atoms with Gasteiger partial charge < -0.3 is 4.74 Å². The molecule has 0 bridgehead atoms. The Kier molecular flexibility index (Phi) is 3.73. The lowest BCUT2D eigenvalue weighted by Gasteiger charge is -2.11. The van der Waals surface area contributed by atoms with Gasteiger partial charge in [-0.05, 0) is 35.8 Å². The quantitative estimate of drug-likeness (QED) is 0.712. The maximum atomic E-state index is 5.47. The average molecular weight is 278 g/mol. The van der Waals surface area contributed by atoms with Gasteiger partial charge in [-0.2, -0.15) is 5.10 Å². The molecule has 3 aromatic rings. The first-order valence-corrected chi connectivity index (χ1v) is 7.09. The lowest BCUT2D eigenvalue weighted by Crippen LogP contribution is -1.91. The number of fused-ring (bicyclic) bond motifs is 1. The van der Waals surface area contributed by atoms with Crippen LogP contribution < -0.4 is 4.74 Å². The summed E-state index contributed by atoms with van der Waals surface area (Å²) in [4.78, 5) is 0. The molecule has 0 atom stereocenters. The van der Waals surface area contributed by atoms with E-state index in [9.17, 15) is 0 Å². The highest BCUT2D eigenvalue weighted by atomic mass is 16.5. The fourth-order valence-corrected chi connectivity index (χ4v) is 2.53. The van der Waals surface area contributed by atoms with Crippen molar-refractivity contribution in [1.29, 1.82) is 0 Å². The van der Waals surface area contributed by atoms with Crippen LogP contribution in [0.1, 0.15) is 24.5 Å². The molecule has 0 unspecified atom stereocenters. The molecule has 0 saturated heterocycles. The van der Waals surface area contributed by atoms with Crippen LogP contribution in [0, 0.1) is 0 Å². The monoisotopic (exact) mass is 278 g/mol. The Bertz CT molecular complexity index is 787. The molecule has 0 fully saturated rings. The summed E-state index contributed by atoms with van der Waals surface area (Å²) in [5.74, 6) is 0.912. The second-order valence-corrected chi connectivity index (χ2v) is 4.94. The molecule has 0 aliphatic rings. The van der Waals surface area contributed by atoms with Gasteiger partial charge in [0.1, 0.15) is 5.75 Å². The van der Waals surface area contributed by atoms with Crippen molar-refractivity contribution in [3.8, 4) is 5.75 Å². The molecule has 3 nitrogen and oxygen atoms in total. The zero-order valence-electron chi connectivity index (χ0n) is 12.3. The molecule has 1 N–H and O–H groups in total. The number of hydrogen-bond donors (Lipinski definition) is 1. The highest BCUT2D eigenvalue weighted by Crippen LogP contribution is 2.30. The van der Waals surface area contributed by atoms with Gasteiger partial charge in [-0.3, -0.25) is 5.10 Å². The number of methoxy groups -OCH3 is 1. The largest absolute Gasteiger partial charge is 0.496 e. The predicted octanol–water partition coefficient (Wildman–Crippen LogP) is 4.52. The zero-order valence-corrected chi connectivity index (χ0v) is 12.3. The van der Waals surface area contributed by atoms with Crippen molar-refractivity contribution in [2.75, 3.05) is 7.11 Å². The number of para-hydroxylation sites is 1. The van der Waals surface area contributed by atoms with E-state index in [0.29, 0.717) is 0 Å². The molecule has 1 heterocycles. The topological polar surface area (TPSA) is 37.9 Å². The number of benzene rings is 2. The number of allylic oxidation sites excluding steroid dienone is 1. The number of nitrogens with one attached hydrogen (secondary N) is 1. The minimum absolute atomic E-state index is 0.912.